The first-order valence-corrected chi connectivity index (χ1v) is 5.37. The smallest absolute Gasteiger partial charge is 0.163 e. The van der Waals surface area contributed by atoms with Gasteiger partial charge in [0.2, 0.25) is 0 Å². The van der Waals surface area contributed by atoms with Crippen molar-refractivity contribution in [3.63, 3.8) is 0 Å². The number of ether oxygens (including phenoxy) is 2. The molecule has 82 valence electrons. The maximum absolute atomic E-state index is 10.0. The van der Waals surface area contributed by atoms with Gasteiger partial charge in [-0.25, -0.2) is 0 Å². The predicted octanol–water partition coefficient (Wildman–Crippen LogP) is 1.69. The summed E-state index contributed by atoms with van der Waals surface area (Å²) in [5, 5.41) is 10.0. The second-order valence-corrected chi connectivity index (χ2v) is 5.52. The molecule has 14 heavy (non-hydrogen) atoms. The van der Waals surface area contributed by atoms with Crippen LogP contribution in [-0.2, 0) is 9.47 Å². The van der Waals surface area contributed by atoms with Gasteiger partial charge >= 0.3 is 0 Å². The molecule has 0 radical (unpaired) electrons. The summed E-state index contributed by atoms with van der Waals surface area (Å²) in [7, 11) is 0. The minimum atomic E-state index is -0.593. The highest BCUT2D eigenvalue weighted by Gasteiger charge is 2.50. The Kier molecular flexibility index (Phi) is 2.18. The predicted molar refractivity (Wildman–Crippen MR) is 52.8 cm³/mol. The molecule has 2 rings (SSSR count). The molecule has 0 aromatic carbocycles. The molecule has 0 unspecified atom stereocenters. The van der Waals surface area contributed by atoms with E-state index in [0.29, 0.717) is 12.3 Å². The average Bonchev–Trinajstić information content (AvgIpc) is 2.21. The molecule has 4 atom stereocenters. The van der Waals surface area contributed by atoms with Crippen LogP contribution in [0.2, 0.25) is 0 Å². The highest BCUT2D eigenvalue weighted by atomic mass is 16.8. The van der Waals surface area contributed by atoms with Crippen LogP contribution in [-0.4, -0.2) is 28.7 Å². The van der Waals surface area contributed by atoms with Gasteiger partial charge in [-0.15, -0.1) is 0 Å². The molecule has 1 saturated carbocycles. The van der Waals surface area contributed by atoms with Crippen LogP contribution in [0.1, 0.15) is 40.5 Å². The fraction of sp³-hybridized carbons (Fsp3) is 1.00. The fourth-order valence-corrected chi connectivity index (χ4v) is 2.83. The Bertz CT molecular complexity index is 235. The maximum Gasteiger partial charge on any atom is 0.163 e. The van der Waals surface area contributed by atoms with Crippen LogP contribution in [0.25, 0.3) is 0 Å². The Morgan fingerprint density at radius 2 is 1.79 bits per heavy atom. The van der Waals surface area contributed by atoms with Gasteiger partial charge in [-0.2, -0.15) is 0 Å². The van der Waals surface area contributed by atoms with E-state index in [9.17, 15) is 5.11 Å². The van der Waals surface area contributed by atoms with Crippen LogP contribution in [0, 0.1) is 5.92 Å². The number of aliphatic hydroxyl groups is 1. The van der Waals surface area contributed by atoms with Gasteiger partial charge in [0, 0.05) is 6.42 Å². The Morgan fingerprint density at radius 1 is 1.14 bits per heavy atom. The summed E-state index contributed by atoms with van der Waals surface area (Å²) in [6.45, 7) is 7.88. The Hall–Kier alpha value is -0.120. The molecule has 1 aliphatic heterocycles. The summed E-state index contributed by atoms with van der Waals surface area (Å²) in [5.41, 5.74) is -0.593. The number of fused-ring (bicyclic) bond motifs is 1. The lowest BCUT2D eigenvalue weighted by Gasteiger charge is -2.38. The normalized spacial score (nSPS) is 51.6. The molecule has 2 fully saturated rings. The Labute approximate surface area is 85.4 Å². The van der Waals surface area contributed by atoms with Gasteiger partial charge in [-0.3, -0.25) is 0 Å². The lowest BCUT2D eigenvalue weighted by Crippen LogP contribution is -2.45. The molecular formula is C11H20O3. The first kappa shape index (κ1) is 10.4. The summed E-state index contributed by atoms with van der Waals surface area (Å²) in [6.07, 6.45) is 1.70. The topological polar surface area (TPSA) is 38.7 Å². The third-order valence-corrected chi connectivity index (χ3v) is 3.19. The zero-order chi connectivity index (χ0) is 10.6. The Balaban J connectivity index is 2.15. The van der Waals surface area contributed by atoms with Crippen LogP contribution in [0.5, 0.6) is 0 Å². The van der Waals surface area contributed by atoms with Crippen LogP contribution in [0.15, 0.2) is 0 Å². The highest BCUT2D eigenvalue weighted by molar-refractivity contribution is 4.96. The Morgan fingerprint density at radius 3 is 2.43 bits per heavy atom. The maximum atomic E-state index is 10.0. The molecule has 1 saturated heterocycles. The first-order valence-electron chi connectivity index (χ1n) is 5.37. The first-order chi connectivity index (χ1) is 6.29. The lowest BCUT2D eigenvalue weighted by atomic mass is 9.77. The van der Waals surface area contributed by atoms with E-state index in [1.807, 2.05) is 20.8 Å². The quantitative estimate of drug-likeness (QED) is 0.646. The van der Waals surface area contributed by atoms with Crippen molar-refractivity contribution in [2.24, 2.45) is 5.92 Å². The molecule has 0 aromatic heterocycles. The van der Waals surface area contributed by atoms with Crippen molar-refractivity contribution in [2.45, 2.75) is 64.1 Å². The molecule has 0 spiro atoms. The fourth-order valence-electron chi connectivity index (χ4n) is 2.83. The van der Waals surface area contributed by atoms with Gasteiger partial charge in [0.25, 0.3) is 0 Å². The van der Waals surface area contributed by atoms with Gasteiger partial charge in [-0.1, -0.05) is 6.92 Å². The molecule has 0 bridgehead atoms. The number of rotatable bonds is 0. The average molecular weight is 200 g/mol. The SMILES string of the molecule is C[C@@H]1C[C@@](C)(O)C[C@H]2OC(C)(C)O[C@@H]12. The summed E-state index contributed by atoms with van der Waals surface area (Å²) in [5.74, 6) is -0.116. The van der Waals surface area contributed by atoms with E-state index in [1.165, 1.54) is 0 Å². The van der Waals surface area contributed by atoms with E-state index < -0.39 is 11.4 Å². The van der Waals surface area contributed by atoms with Gasteiger partial charge in [-0.05, 0) is 33.1 Å². The van der Waals surface area contributed by atoms with Gasteiger partial charge in [0.05, 0.1) is 17.8 Å². The van der Waals surface area contributed by atoms with Crippen molar-refractivity contribution in [3.8, 4) is 0 Å². The molecule has 3 heteroatoms. The molecule has 1 heterocycles. The van der Waals surface area contributed by atoms with Crippen molar-refractivity contribution in [1.82, 2.24) is 0 Å². The van der Waals surface area contributed by atoms with Gasteiger partial charge < -0.3 is 14.6 Å². The highest BCUT2D eigenvalue weighted by Crippen LogP contribution is 2.43. The van der Waals surface area contributed by atoms with Gasteiger partial charge in [0.1, 0.15) is 0 Å². The van der Waals surface area contributed by atoms with Crippen molar-refractivity contribution < 1.29 is 14.6 Å². The standard InChI is InChI=1S/C11H20O3/c1-7-5-11(4,12)6-8-9(7)14-10(2,3)13-8/h7-9,12H,5-6H2,1-4H3/t7-,8-,9+,11-/m1/s1. The third-order valence-electron chi connectivity index (χ3n) is 3.19. The molecule has 0 aromatic rings. The summed E-state index contributed by atoms with van der Waals surface area (Å²) in [6, 6.07) is 0. The minimum Gasteiger partial charge on any atom is -0.390 e. The van der Waals surface area contributed by atoms with E-state index in [0.717, 1.165) is 6.42 Å². The van der Waals surface area contributed by atoms with E-state index in [1.54, 1.807) is 0 Å². The second-order valence-electron chi connectivity index (χ2n) is 5.52. The summed E-state index contributed by atoms with van der Waals surface area (Å²) in [4.78, 5) is 0. The third kappa shape index (κ3) is 1.81. The van der Waals surface area contributed by atoms with E-state index >= 15 is 0 Å². The monoisotopic (exact) mass is 200 g/mol. The van der Waals surface area contributed by atoms with E-state index in [2.05, 4.69) is 6.92 Å². The molecule has 0 amide bonds. The van der Waals surface area contributed by atoms with E-state index in [4.69, 9.17) is 9.47 Å². The largest absolute Gasteiger partial charge is 0.390 e. The molecule has 3 nitrogen and oxygen atoms in total. The van der Waals surface area contributed by atoms with Crippen molar-refractivity contribution in [1.29, 1.82) is 0 Å². The van der Waals surface area contributed by atoms with Crippen LogP contribution >= 0.6 is 0 Å². The van der Waals surface area contributed by atoms with Crippen LogP contribution < -0.4 is 0 Å². The minimum absolute atomic E-state index is 0.0590. The lowest BCUT2D eigenvalue weighted by molar-refractivity contribution is -0.148. The number of hydrogen-bond donors (Lipinski definition) is 1. The zero-order valence-corrected chi connectivity index (χ0v) is 9.41. The zero-order valence-electron chi connectivity index (χ0n) is 9.41. The van der Waals surface area contributed by atoms with Crippen LogP contribution in [0.4, 0.5) is 0 Å². The number of hydrogen-bond acceptors (Lipinski definition) is 3. The molecule has 2 aliphatic rings. The van der Waals surface area contributed by atoms with Crippen molar-refractivity contribution >= 4 is 0 Å². The molecular weight excluding hydrogens is 180 g/mol. The van der Waals surface area contributed by atoms with Crippen LogP contribution in [0.3, 0.4) is 0 Å². The van der Waals surface area contributed by atoms with Gasteiger partial charge in [0.15, 0.2) is 5.79 Å². The molecule has 1 N–H and O–H groups in total. The van der Waals surface area contributed by atoms with Crippen molar-refractivity contribution in [3.05, 3.63) is 0 Å². The molecule has 1 aliphatic carbocycles. The van der Waals surface area contributed by atoms with E-state index in [-0.39, 0.29) is 12.2 Å². The van der Waals surface area contributed by atoms with Crippen molar-refractivity contribution in [2.75, 3.05) is 0 Å². The second kappa shape index (κ2) is 2.94. The summed E-state index contributed by atoms with van der Waals surface area (Å²) >= 11 is 0. The summed E-state index contributed by atoms with van der Waals surface area (Å²) < 4.78 is 11.6.